The van der Waals surface area contributed by atoms with Crippen molar-refractivity contribution in [3.05, 3.63) is 22.7 Å². The summed E-state index contributed by atoms with van der Waals surface area (Å²) in [7, 11) is -1.67. The maximum atomic E-state index is 12.9. The molecule has 0 atom stereocenters. The first kappa shape index (κ1) is 20.2. The first-order chi connectivity index (χ1) is 11.1. The number of halogens is 1. The highest BCUT2D eigenvalue weighted by Gasteiger charge is 2.33. The van der Waals surface area contributed by atoms with Gasteiger partial charge in [0.15, 0.2) is 5.75 Å². The number of nitrogens with zero attached hydrogens (tertiary/aromatic N) is 1. The van der Waals surface area contributed by atoms with Crippen molar-refractivity contribution in [1.82, 2.24) is 9.62 Å². The van der Waals surface area contributed by atoms with Crippen LogP contribution in [0.4, 0.5) is 0 Å². The molecule has 0 unspecified atom stereocenters. The maximum absolute atomic E-state index is 12.9. The van der Waals surface area contributed by atoms with Gasteiger partial charge in [-0.2, -0.15) is 4.31 Å². The van der Waals surface area contributed by atoms with Gasteiger partial charge in [-0.25, -0.2) is 8.42 Å². The van der Waals surface area contributed by atoms with Gasteiger partial charge in [-0.05, 0) is 26.0 Å². The van der Waals surface area contributed by atoms with Gasteiger partial charge in [0, 0.05) is 18.1 Å². The first-order valence-electron chi connectivity index (χ1n) is 6.89. The highest BCUT2D eigenvalue weighted by atomic mass is 35.5. The number of methoxy groups -OCH3 is 1. The van der Waals surface area contributed by atoms with Crippen LogP contribution >= 0.6 is 11.6 Å². The molecule has 1 amide bonds. The smallest absolute Gasteiger partial charge is 0.318 e. The van der Waals surface area contributed by atoms with Crippen molar-refractivity contribution in [3.63, 3.8) is 0 Å². The Morgan fingerprint density at radius 3 is 2.38 bits per heavy atom. The predicted molar refractivity (Wildman–Crippen MR) is 88.1 cm³/mol. The molecule has 24 heavy (non-hydrogen) atoms. The van der Waals surface area contributed by atoms with Gasteiger partial charge in [-0.1, -0.05) is 11.6 Å². The van der Waals surface area contributed by atoms with Gasteiger partial charge in [0.25, 0.3) is 5.91 Å². The van der Waals surface area contributed by atoms with Gasteiger partial charge in [-0.15, -0.1) is 0 Å². The number of rotatable bonds is 7. The molecule has 0 bridgehead atoms. The Balaban J connectivity index is 3.66. The second kappa shape index (κ2) is 7.82. The molecule has 1 aromatic rings. The lowest BCUT2D eigenvalue weighted by molar-refractivity contribution is -0.137. The SMILES string of the molecule is CNC(=O)c1cc(Cl)cc(S(=O)(=O)N(CC(=O)O)C(C)C)c1OC. The molecular weight excluding hydrogens is 360 g/mol. The minimum absolute atomic E-state index is 0.00649. The van der Waals surface area contributed by atoms with Crippen LogP contribution in [0.1, 0.15) is 24.2 Å². The van der Waals surface area contributed by atoms with E-state index < -0.39 is 34.5 Å². The van der Waals surface area contributed by atoms with E-state index in [9.17, 15) is 18.0 Å². The summed E-state index contributed by atoms with van der Waals surface area (Å²) in [6.07, 6.45) is 0. The second-order valence-electron chi connectivity index (χ2n) is 5.10. The molecule has 134 valence electrons. The van der Waals surface area contributed by atoms with E-state index >= 15 is 0 Å². The van der Waals surface area contributed by atoms with Crippen LogP contribution in [0.5, 0.6) is 5.75 Å². The van der Waals surface area contributed by atoms with E-state index in [1.165, 1.54) is 34.1 Å². The third-order valence-electron chi connectivity index (χ3n) is 3.15. The normalized spacial score (nSPS) is 11.6. The third kappa shape index (κ3) is 4.16. The summed E-state index contributed by atoms with van der Waals surface area (Å²) in [5, 5.41) is 11.3. The van der Waals surface area contributed by atoms with Crippen LogP contribution < -0.4 is 10.1 Å². The first-order valence-corrected chi connectivity index (χ1v) is 8.71. The Bertz CT molecular complexity index is 748. The zero-order valence-electron chi connectivity index (χ0n) is 13.7. The Hall–Kier alpha value is -1.84. The number of benzene rings is 1. The number of sulfonamides is 1. The summed E-state index contributed by atoms with van der Waals surface area (Å²) < 4.78 is 31.7. The molecule has 8 nitrogen and oxygen atoms in total. The minimum Gasteiger partial charge on any atom is -0.494 e. The number of hydrogen-bond donors (Lipinski definition) is 2. The monoisotopic (exact) mass is 378 g/mol. The Kier molecular flexibility index (Phi) is 6.58. The number of carbonyl (C=O) groups excluding carboxylic acids is 1. The lowest BCUT2D eigenvalue weighted by atomic mass is 10.2. The number of hydrogen-bond acceptors (Lipinski definition) is 5. The molecule has 0 saturated carbocycles. The number of aliphatic carboxylic acids is 1. The average molecular weight is 379 g/mol. The molecule has 0 radical (unpaired) electrons. The van der Waals surface area contributed by atoms with E-state index in [0.29, 0.717) is 0 Å². The van der Waals surface area contributed by atoms with Crippen LogP contribution in [0.3, 0.4) is 0 Å². The van der Waals surface area contributed by atoms with E-state index in [1.807, 2.05) is 0 Å². The van der Waals surface area contributed by atoms with Crippen LogP contribution in [0.15, 0.2) is 17.0 Å². The van der Waals surface area contributed by atoms with Crippen molar-refractivity contribution in [2.75, 3.05) is 20.7 Å². The fourth-order valence-corrected chi connectivity index (χ4v) is 4.15. The molecule has 0 saturated heterocycles. The summed E-state index contributed by atoms with van der Waals surface area (Å²) in [6.45, 7) is 2.35. The third-order valence-corrected chi connectivity index (χ3v) is 5.39. The Labute approximate surface area is 145 Å². The lowest BCUT2D eigenvalue weighted by Crippen LogP contribution is -2.40. The quantitative estimate of drug-likeness (QED) is 0.736. The molecule has 10 heteroatoms. The van der Waals surface area contributed by atoms with Gasteiger partial charge in [-0.3, -0.25) is 9.59 Å². The summed E-state index contributed by atoms with van der Waals surface area (Å²) in [4.78, 5) is 22.6. The predicted octanol–water partition coefficient (Wildman–Crippen LogP) is 1.19. The number of carbonyl (C=O) groups is 2. The zero-order chi connectivity index (χ0) is 18.7. The van der Waals surface area contributed by atoms with Crippen LogP contribution in [0, 0.1) is 0 Å². The highest BCUT2D eigenvalue weighted by molar-refractivity contribution is 7.89. The van der Waals surface area contributed by atoms with Gasteiger partial charge >= 0.3 is 5.97 Å². The number of carboxylic acids is 1. The van der Waals surface area contributed by atoms with Crippen LogP contribution in [-0.4, -0.2) is 56.5 Å². The summed E-state index contributed by atoms with van der Waals surface area (Å²) >= 11 is 5.94. The number of ether oxygens (including phenoxy) is 1. The largest absolute Gasteiger partial charge is 0.494 e. The molecule has 1 rings (SSSR count). The fourth-order valence-electron chi connectivity index (χ4n) is 2.08. The van der Waals surface area contributed by atoms with E-state index in [-0.39, 0.29) is 21.2 Å². The zero-order valence-corrected chi connectivity index (χ0v) is 15.2. The average Bonchev–Trinajstić information content (AvgIpc) is 2.50. The van der Waals surface area contributed by atoms with Crippen molar-refractivity contribution in [2.45, 2.75) is 24.8 Å². The van der Waals surface area contributed by atoms with Crippen molar-refractivity contribution >= 4 is 33.5 Å². The van der Waals surface area contributed by atoms with E-state index in [0.717, 1.165) is 10.4 Å². The van der Waals surface area contributed by atoms with Gasteiger partial charge < -0.3 is 15.2 Å². The molecule has 2 N–H and O–H groups in total. The number of carboxylic acid groups (broad SMARTS) is 1. The Morgan fingerprint density at radius 1 is 1.38 bits per heavy atom. The summed E-state index contributed by atoms with van der Waals surface area (Å²) in [6, 6.07) is 1.77. The molecule has 0 aliphatic carbocycles. The fraction of sp³-hybridized carbons (Fsp3) is 0.429. The van der Waals surface area contributed by atoms with Crippen molar-refractivity contribution in [1.29, 1.82) is 0 Å². The van der Waals surface area contributed by atoms with Crippen molar-refractivity contribution in [2.24, 2.45) is 0 Å². The molecule has 0 aliphatic heterocycles. The van der Waals surface area contributed by atoms with Crippen LogP contribution in [0.25, 0.3) is 0 Å². The van der Waals surface area contributed by atoms with E-state index in [1.54, 1.807) is 0 Å². The lowest BCUT2D eigenvalue weighted by Gasteiger charge is -2.25. The van der Waals surface area contributed by atoms with Gasteiger partial charge in [0.2, 0.25) is 10.0 Å². The maximum Gasteiger partial charge on any atom is 0.318 e. The number of amides is 1. The standard InChI is InChI=1S/C14H19ClN2O6S/c1-8(2)17(7-12(18)19)24(21,22)11-6-9(15)5-10(13(11)23-4)14(20)16-3/h5-6,8H,7H2,1-4H3,(H,16,20)(H,18,19). The second-order valence-corrected chi connectivity index (χ2v) is 7.40. The van der Waals surface area contributed by atoms with Crippen molar-refractivity contribution in [3.8, 4) is 5.75 Å². The number of nitrogens with one attached hydrogen (secondary N) is 1. The molecule has 0 spiro atoms. The van der Waals surface area contributed by atoms with Crippen LogP contribution in [-0.2, 0) is 14.8 Å². The van der Waals surface area contributed by atoms with Crippen molar-refractivity contribution < 1.29 is 27.9 Å². The molecule has 0 fully saturated rings. The molecule has 1 aromatic carbocycles. The van der Waals surface area contributed by atoms with Gasteiger partial charge in [0.1, 0.15) is 11.4 Å². The van der Waals surface area contributed by atoms with E-state index in [2.05, 4.69) is 5.32 Å². The highest BCUT2D eigenvalue weighted by Crippen LogP contribution is 2.34. The topological polar surface area (TPSA) is 113 Å². The molecule has 0 aromatic heterocycles. The van der Waals surface area contributed by atoms with Crippen LogP contribution in [0.2, 0.25) is 5.02 Å². The molecule has 0 heterocycles. The summed E-state index contributed by atoms with van der Waals surface area (Å²) in [5.41, 5.74) is -0.0647. The van der Waals surface area contributed by atoms with Gasteiger partial charge in [0.05, 0.1) is 12.7 Å². The van der Waals surface area contributed by atoms with E-state index in [4.69, 9.17) is 21.4 Å². The molecule has 0 aliphatic rings. The molecular formula is C14H19ClN2O6S. The Morgan fingerprint density at radius 2 is 1.96 bits per heavy atom. The minimum atomic E-state index is -4.26. The summed E-state index contributed by atoms with van der Waals surface area (Å²) in [5.74, 6) is -2.09.